The van der Waals surface area contributed by atoms with E-state index in [1.165, 1.54) is 18.3 Å². The fourth-order valence-corrected chi connectivity index (χ4v) is 3.19. The van der Waals surface area contributed by atoms with Gasteiger partial charge in [-0.05, 0) is 19.1 Å². The molecule has 2 aromatic carbocycles. The lowest BCUT2D eigenvalue weighted by Crippen LogP contribution is -2.36. The van der Waals surface area contributed by atoms with Gasteiger partial charge in [0.15, 0.2) is 5.65 Å². The quantitative estimate of drug-likeness (QED) is 0.476. The Balaban J connectivity index is 1.61. The van der Waals surface area contributed by atoms with Gasteiger partial charge in [-0.25, -0.2) is 14.2 Å². The second kappa shape index (κ2) is 8.78. The van der Waals surface area contributed by atoms with Crippen LogP contribution in [0.1, 0.15) is 18.1 Å². The van der Waals surface area contributed by atoms with Crippen molar-refractivity contribution in [1.82, 2.24) is 19.5 Å². The van der Waals surface area contributed by atoms with E-state index in [9.17, 15) is 14.0 Å². The summed E-state index contributed by atoms with van der Waals surface area (Å²) in [7, 11) is 0. The van der Waals surface area contributed by atoms with Crippen LogP contribution in [0, 0.1) is 5.82 Å². The minimum Gasteiger partial charge on any atom is -0.494 e. The van der Waals surface area contributed by atoms with Crippen LogP contribution in [0.3, 0.4) is 0 Å². The number of halogens is 1. The first-order valence-electron chi connectivity index (χ1n) is 9.74. The summed E-state index contributed by atoms with van der Waals surface area (Å²) in [5.41, 5.74) is 0.00109. The summed E-state index contributed by atoms with van der Waals surface area (Å²) in [5.74, 6) is 0.514. The summed E-state index contributed by atoms with van der Waals surface area (Å²) >= 11 is 0. The smallest absolute Gasteiger partial charge is 0.330 e. The maximum absolute atomic E-state index is 13.9. The van der Waals surface area contributed by atoms with E-state index in [1.54, 1.807) is 12.1 Å². The van der Waals surface area contributed by atoms with Crippen molar-refractivity contribution in [1.29, 1.82) is 0 Å². The summed E-state index contributed by atoms with van der Waals surface area (Å²) in [6.45, 7) is 2.66. The highest BCUT2D eigenvalue weighted by Crippen LogP contribution is 2.19. The third kappa shape index (κ3) is 4.30. The van der Waals surface area contributed by atoms with Crippen molar-refractivity contribution >= 4 is 17.0 Å². The molecule has 8 nitrogen and oxygen atoms in total. The van der Waals surface area contributed by atoms with Gasteiger partial charge in [-0.3, -0.25) is 14.3 Å². The zero-order valence-electron chi connectivity index (χ0n) is 16.8. The van der Waals surface area contributed by atoms with Crippen molar-refractivity contribution in [3.63, 3.8) is 0 Å². The summed E-state index contributed by atoms with van der Waals surface area (Å²) in [4.78, 5) is 36.2. The van der Waals surface area contributed by atoms with Gasteiger partial charge in [0.1, 0.15) is 17.0 Å². The SMILES string of the molecule is CCOc1ccccc1CNc1ncc2c(=O)n(Cc3ccccc3F)c(=O)[nH]c2n1. The van der Waals surface area contributed by atoms with Gasteiger partial charge in [-0.2, -0.15) is 4.98 Å². The molecule has 0 fully saturated rings. The highest BCUT2D eigenvalue weighted by atomic mass is 19.1. The molecule has 31 heavy (non-hydrogen) atoms. The predicted molar refractivity (Wildman–Crippen MR) is 115 cm³/mol. The first-order valence-corrected chi connectivity index (χ1v) is 9.74. The molecule has 2 N–H and O–H groups in total. The van der Waals surface area contributed by atoms with Crippen LogP contribution in [0.2, 0.25) is 0 Å². The van der Waals surface area contributed by atoms with Crippen LogP contribution in [0.5, 0.6) is 5.75 Å². The number of ether oxygens (including phenoxy) is 1. The number of anilines is 1. The summed E-state index contributed by atoms with van der Waals surface area (Å²) in [6.07, 6.45) is 1.34. The number of fused-ring (bicyclic) bond motifs is 1. The first kappa shape index (κ1) is 20.3. The van der Waals surface area contributed by atoms with Gasteiger partial charge in [0.25, 0.3) is 5.56 Å². The second-order valence-electron chi connectivity index (χ2n) is 6.76. The molecule has 0 aliphatic carbocycles. The van der Waals surface area contributed by atoms with Crippen molar-refractivity contribution in [3.05, 3.63) is 92.5 Å². The Morgan fingerprint density at radius 3 is 2.61 bits per heavy atom. The van der Waals surface area contributed by atoms with Gasteiger partial charge >= 0.3 is 5.69 Å². The topological polar surface area (TPSA) is 102 Å². The van der Waals surface area contributed by atoms with Gasteiger partial charge in [-0.15, -0.1) is 0 Å². The van der Waals surface area contributed by atoms with Crippen LogP contribution in [0.15, 0.2) is 64.3 Å². The Bertz CT molecular complexity index is 1350. The largest absolute Gasteiger partial charge is 0.494 e. The van der Waals surface area contributed by atoms with E-state index in [0.717, 1.165) is 15.9 Å². The zero-order valence-corrected chi connectivity index (χ0v) is 16.8. The summed E-state index contributed by atoms with van der Waals surface area (Å²) < 4.78 is 20.5. The number of H-pyrrole nitrogens is 1. The second-order valence-corrected chi connectivity index (χ2v) is 6.76. The monoisotopic (exact) mass is 421 g/mol. The molecule has 0 aliphatic heterocycles. The maximum atomic E-state index is 13.9. The molecule has 0 saturated carbocycles. The fourth-order valence-electron chi connectivity index (χ4n) is 3.19. The van der Waals surface area contributed by atoms with E-state index in [1.807, 2.05) is 31.2 Å². The number of nitrogens with one attached hydrogen (secondary N) is 2. The standard InChI is InChI=1S/C22H20FN5O3/c1-2-31-18-10-6-4-7-14(18)11-24-21-25-12-16-19(26-21)27-22(30)28(20(16)29)13-15-8-3-5-9-17(15)23/h3-10,12H,2,11,13H2,1H3,(H2,24,25,26,27,30). The number of benzene rings is 2. The normalized spacial score (nSPS) is 10.9. The molecule has 0 unspecified atom stereocenters. The molecule has 0 amide bonds. The molecule has 0 aliphatic rings. The van der Waals surface area contributed by atoms with Crippen molar-refractivity contribution in [2.45, 2.75) is 20.0 Å². The third-order valence-corrected chi connectivity index (χ3v) is 4.73. The Morgan fingerprint density at radius 1 is 1.10 bits per heavy atom. The van der Waals surface area contributed by atoms with Gasteiger partial charge in [0, 0.05) is 23.9 Å². The van der Waals surface area contributed by atoms with E-state index in [0.29, 0.717) is 13.2 Å². The van der Waals surface area contributed by atoms with E-state index < -0.39 is 17.1 Å². The molecule has 0 saturated heterocycles. The third-order valence-electron chi connectivity index (χ3n) is 4.73. The minimum absolute atomic E-state index is 0.107. The van der Waals surface area contributed by atoms with Gasteiger partial charge < -0.3 is 10.1 Å². The molecule has 0 spiro atoms. The number of hydrogen-bond acceptors (Lipinski definition) is 6. The van der Waals surface area contributed by atoms with Crippen LogP contribution in [-0.2, 0) is 13.1 Å². The average Bonchev–Trinajstić information content (AvgIpc) is 2.77. The molecule has 9 heteroatoms. The Hall–Kier alpha value is -4.01. The molecule has 2 aromatic heterocycles. The maximum Gasteiger partial charge on any atom is 0.330 e. The summed E-state index contributed by atoms with van der Waals surface area (Å²) in [5, 5.41) is 3.21. The molecular weight excluding hydrogens is 401 g/mol. The van der Waals surface area contributed by atoms with Crippen LogP contribution in [0.25, 0.3) is 11.0 Å². The summed E-state index contributed by atoms with van der Waals surface area (Å²) in [6, 6.07) is 13.6. The molecule has 2 heterocycles. The number of para-hydroxylation sites is 1. The lowest BCUT2D eigenvalue weighted by atomic mass is 10.2. The zero-order chi connectivity index (χ0) is 21.8. The predicted octanol–water partition coefficient (Wildman–Crippen LogP) is 2.68. The molecule has 4 rings (SSSR count). The van der Waals surface area contributed by atoms with Crippen LogP contribution in [-0.4, -0.2) is 26.1 Å². The number of hydrogen-bond donors (Lipinski definition) is 2. The molecular formula is C22H20FN5O3. The van der Waals surface area contributed by atoms with E-state index in [-0.39, 0.29) is 29.1 Å². The van der Waals surface area contributed by atoms with Crippen molar-refractivity contribution in [2.75, 3.05) is 11.9 Å². The Morgan fingerprint density at radius 2 is 1.84 bits per heavy atom. The molecule has 158 valence electrons. The molecule has 4 aromatic rings. The van der Waals surface area contributed by atoms with Gasteiger partial charge in [0.05, 0.1) is 13.2 Å². The van der Waals surface area contributed by atoms with Crippen LogP contribution in [0.4, 0.5) is 10.3 Å². The highest BCUT2D eigenvalue weighted by Gasteiger charge is 2.12. The lowest BCUT2D eigenvalue weighted by molar-refractivity contribution is 0.337. The Kier molecular flexibility index (Phi) is 5.74. The average molecular weight is 421 g/mol. The number of nitrogens with zero attached hydrogens (tertiary/aromatic N) is 3. The van der Waals surface area contributed by atoms with Gasteiger partial charge in [-0.1, -0.05) is 36.4 Å². The number of aromatic nitrogens is 4. The first-order chi connectivity index (χ1) is 15.1. The van der Waals surface area contributed by atoms with Gasteiger partial charge in [0.2, 0.25) is 5.95 Å². The Labute approximate surface area is 176 Å². The van der Waals surface area contributed by atoms with E-state index in [2.05, 4.69) is 20.3 Å². The highest BCUT2D eigenvalue weighted by molar-refractivity contribution is 5.73. The number of rotatable bonds is 7. The van der Waals surface area contributed by atoms with Crippen LogP contribution >= 0.6 is 0 Å². The minimum atomic E-state index is -0.674. The molecule has 0 bridgehead atoms. The fraction of sp³-hybridized carbons (Fsp3) is 0.182. The lowest BCUT2D eigenvalue weighted by Gasteiger charge is -2.11. The van der Waals surface area contributed by atoms with Crippen molar-refractivity contribution in [2.24, 2.45) is 0 Å². The van der Waals surface area contributed by atoms with E-state index in [4.69, 9.17) is 4.74 Å². The van der Waals surface area contributed by atoms with Crippen molar-refractivity contribution in [3.8, 4) is 5.75 Å². The number of aromatic amines is 1. The van der Waals surface area contributed by atoms with Crippen LogP contribution < -0.4 is 21.3 Å². The molecule has 0 radical (unpaired) electrons. The van der Waals surface area contributed by atoms with Crippen molar-refractivity contribution < 1.29 is 9.13 Å². The van der Waals surface area contributed by atoms with E-state index >= 15 is 0 Å². The molecule has 0 atom stereocenters.